The van der Waals surface area contributed by atoms with Gasteiger partial charge < -0.3 is 41.1 Å². The minimum absolute atomic E-state index is 0. The number of aryl methyl sites for hydroxylation is 1. The monoisotopic (exact) mass is 539 g/mol. The second-order valence-corrected chi connectivity index (χ2v) is 10.6. The van der Waals surface area contributed by atoms with Crippen LogP contribution in [0.2, 0.25) is 0 Å². The predicted octanol–water partition coefficient (Wildman–Crippen LogP) is -0.173. The second-order valence-electron chi connectivity index (χ2n) is 9.65. The molecular formula is C23H30BrN3O5S. The van der Waals surface area contributed by atoms with Crippen molar-refractivity contribution in [2.45, 2.75) is 50.7 Å². The van der Waals surface area contributed by atoms with Crippen LogP contribution in [0.1, 0.15) is 42.7 Å². The molecule has 0 radical (unpaired) electrons. The highest BCUT2D eigenvalue weighted by molar-refractivity contribution is 7.10. The lowest BCUT2D eigenvalue weighted by Crippen LogP contribution is -3.00. The maximum atomic E-state index is 13.3. The molecule has 0 spiro atoms. The van der Waals surface area contributed by atoms with Gasteiger partial charge in [0.25, 0.3) is 5.91 Å². The first kappa shape index (κ1) is 24.4. The number of amides is 1. The summed E-state index contributed by atoms with van der Waals surface area (Å²) in [5.41, 5.74) is -1.56. The van der Waals surface area contributed by atoms with Crippen LogP contribution in [-0.4, -0.2) is 58.9 Å². The Morgan fingerprint density at radius 2 is 2.09 bits per heavy atom. The van der Waals surface area contributed by atoms with Crippen LogP contribution in [0.25, 0.3) is 0 Å². The molecule has 5 heterocycles. The van der Waals surface area contributed by atoms with E-state index in [1.807, 2.05) is 17.5 Å². The number of hydrogen-bond donors (Lipinski definition) is 2. The number of carbonyl (C=O) groups excluding carboxylic acids is 2. The van der Waals surface area contributed by atoms with Crippen LogP contribution in [0.15, 0.2) is 28.1 Å². The highest BCUT2D eigenvalue weighted by atomic mass is 79.9. The fourth-order valence-electron chi connectivity index (χ4n) is 5.51. The zero-order valence-corrected chi connectivity index (χ0v) is 21.1. The van der Waals surface area contributed by atoms with E-state index in [2.05, 4.69) is 10.5 Å². The third kappa shape index (κ3) is 4.62. The number of esters is 1. The number of nitrogens with one attached hydrogen (secondary N) is 1. The van der Waals surface area contributed by atoms with Crippen LogP contribution >= 0.6 is 11.3 Å². The van der Waals surface area contributed by atoms with Crippen molar-refractivity contribution in [3.63, 3.8) is 0 Å². The minimum Gasteiger partial charge on any atom is -1.00 e. The van der Waals surface area contributed by atoms with Crippen LogP contribution in [0.5, 0.6) is 0 Å². The number of anilines is 1. The highest BCUT2D eigenvalue weighted by Crippen LogP contribution is 2.46. The molecule has 2 atom stereocenters. The molecule has 4 aliphatic rings. The molecule has 1 amide bonds. The second kappa shape index (κ2) is 9.48. The first-order chi connectivity index (χ1) is 15.4. The number of thiophene rings is 1. The van der Waals surface area contributed by atoms with Crippen LogP contribution in [0.3, 0.4) is 0 Å². The molecule has 2 N–H and O–H groups in total. The van der Waals surface area contributed by atoms with Crippen molar-refractivity contribution in [1.82, 2.24) is 5.16 Å². The molecular weight excluding hydrogens is 510 g/mol. The van der Waals surface area contributed by atoms with E-state index >= 15 is 0 Å². The Hall–Kier alpha value is -1.75. The number of ether oxygens (including phenoxy) is 1. The summed E-state index contributed by atoms with van der Waals surface area (Å²) in [6.45, 7) is 4.47. The number of quaternary nitrogens is 1. The van der Waals surface area contributed by atoms with E-state index in [4.69, 9.17) is 9.26 Å². The van der Waals surface area contributed by atoms with Gasteiger partial charge in [0, 0.05) is 35.6 Å². The number of halogens is 1. The summed E-state index contributed by atoms with van der Waals surface area (Å²) in [5, 5.41) is 20.0. The summed E-state index contributed by atoms with van der Waals surface area (Å²) < 4.78 is 11.7. The zero-order chi connectivity index (χ0) is 22.3. The average Bonchev–Trinajstić information content (AvgIpc) is 3.39. The first-order valence-corrected chi connectivity index (χ1v) is 12.3. The van der Waals surface area contributed by atoms with Gasteiger partial charge >= 0.3 is 5.97 Å². The van der Waals surface area contributed by atoms with E-state index in [1.54, 1.807) is 13.0 Å². The lowest BCUT2D eigenvalue weighted by atomic mass is 9.72. The molecule has 1 saturated carbocycles. The molecule has 2 bridgehead atoms. The van der Waals surface area contributed by atoms with Crippen LogP contribution in [0, 0.1) is 18.8 Å². The molecule has 8 nitrogen and oxygen atoms in total. The van der Waals surface area contributed by atoms with E-state index in [0.29, 0.717) is 34.0 Å². The van der Waals surface area contributed by atoms with Crippen LogP contribution in [0.4, 0.5) is 5.82 Å². The molecule has 2 aromatic heterocycles. The zero-order valence-electron chi connectivity index (χ0n) is 18.7. The number of fused-ring (bicyclic) bond motifs is 3. The summed E-state index contributed by atoms with van der Waals surface area (Å²) in [7, 11) is 0. The fraction of sp³-hybridized carbons (Fsp3) is 0.609. The summed E-state index contributed by atoms with van der Waals surface area (Å²) in [5.74, 6) is 0.617. The van der Waals surface area contributed by atoms with Gasteiger partial charge in [-0.15, -0.1) is 11.3 Å². The quantitative estimate of drug-likeness (QED) is 0.374. The number of carbonyl (C=O) groups is 2. The molecule has 33 heavy (non-hydrogen) atoms. The third-order valence-electron chi connectivity index (χ3n) is 7.58. The summed E-state index contributed by atoms with van der Waals surface area (Å²) in [6.07, 6.45) is 4.24. The maximum Gasteiger partial charge on any atom is 0.344 e. The normalized spacial score (nSPS) is 28.3. The molecule has 1 aliphatic carbocycles. The largest absolute Gasteiger partial charge is 1.00 e. The smallest absolute Gasteiger partial charge is 0.344 e. The summed E-state index contributed by atoms with van der Waals surface area (Å²) in [4.78, 5) is 26.7. The van der Waals surface area contributed by atoms with E-state index in [1.165, 1.54) is 11.3 Å². The van der Waals surface area contributed by atoms with Gasteiger partial charge in [-0.2, -0.15) is 0 Å². The number of rotatable bonds is 7. The van der Waals surface area contributed by atoms with Gasteiger partial charge in [-0.3, -0.25) is 4.79 Å². The Morgan fingerprint density at radius 3 is 2.67 bits per heavy atom. The van der Waals surface area contributed by atoms with Gasteiger partial charge in [-0.25, -0.2) is 4.79 Å². The number of nitrogens with zero attached hydrogens (tertiary/aromatic N) is 2. The average molecular weight is 540 g/mol. The molecule has 10 heteroatoms. The number of aromatic nitrogens is 1. The molecule has 0 aromatic carbocycles. The van der Waals surface area contributed by atoms with Crippen molar-refractivity contribution >= 4 is 29.0 Å². The molecule has 6 rings (SSSR count). The topological polar surface area (TPSA) is 102 Å². The van der Waals surface area contributed by atoms with E-state index < -0.39 is 11.6 Å². The van der Waals surface area contributed by atoms with Crippen LogP contribution in [-0.2, 0) is 19.9 Å². The van der Waals surface area contributed by atoms with Gasteiger partial charge in [-0.1, -0.05) is 17.6 Å². The van der Waals surface area contributed by atoms with E-state index in [-0.39, 0.29) is 40.8 Å². The Bertz CT molecular complexity index is 984. The first-order valence-electron chi connectivity index (χ1n) is 11.4. The molecule has 1 unspecified atom stereocenters. The van der Waals surface area contributed by atoms with E-state index in [9.17, 15) is 14.7 Å². The Balaban J connectivity index is 0.00000259. The Labute approximate surface area is 207 Å². The Kier molecular flexibility index (Phi) is 7.00. The van der Waals surface area contributed by atoms with Crippen molar-refractivity contribution in [3.05, 3.63) is 34.2 Å². The van der Waals surface area contributed by atoms with Gasteiger partial charge in [0.05, 0.1) is 13.1 Å². The third-order valence-corrected chi connectivity index (χ3v) is 8.57. The SMILES string of the molecule is Cc1cc(NC(=O)C[N+]23CCC(CC2)[C@@H](OC(=O)C(O)(c2cccs2)C2CCC2)C3)no1.[Br-]. The van der Waals surface area contributed by atoms with Crippen molar-refractivity contribution in [2.24, 2.45) is 11.8 Å². The predicted molar refractivity (Wildman–Crippen MR) is 118 cm³/mol. The van der Waals surface area contributed by atoms with Crippen molar-refractivity contribution in [1.29, 1.82) is 0 Å². The molecule has 3 aliphatic heterocycles. The molecule has 2 aromatic rings. The fourth-order valence-corrected chi connectivity index (χ4v) is 6.40. The lowest BCUT2D eigenvalue weighted by Gasteiger charge is -2.52. The van der Waals surface area contributed by atoms with Gasteiger partial charge in [0.1, 0.15) is 12.3 Å². The molecule has 3 saturated heterocycles. The number of hydrogen-bond acceptors (Lipinski definition) is 7. The molecule has 180 valence electrons. The van der Waals surface area contributed by atoms with Crippen molar-refractivity contribution in [3.8, 4) is 0 Å². The summed E-state index contributed by atoms with van der Waals surface area (Å²) in [6, 6.07) is 5.38. The van der Waals surface area contributed by atoms with Gasteiger partial charge in [0.2, 0.25) is 0 Å². The number of piperidine rings is 3. The maximum absolute atomic E-state index is 13.3. The Morgan fingerprint density at radius 1 is 1.33 bits per heavy atom. The summed E-state index contributed by atoms with van der Waals surface area (Å²) >= 11 is 1.40. The van der Waals surface area contributed by atoms with Crippen molar-refractivity contribution < 1.29 is 45.4 Å². The molecule has 4 fully saturated rings. The number of aliphatic hydroxyl groups is 1. The standard InChI is InChI=1S/C23H29N3O5S.BrH/c1-15-12-20(25-31-15)24-21(27)14-26-9-7-16(8-10-26)18(13-26)30-22(28)23(29,17-4-2-5-17)19-6-3-11-32-19;/h3,6,11-12,16-18,29H,2,4-5,7-10,13-14H2,1H3;1H/t16?,18-,23?,26?;/m0./s1. The van der Waals surface area contributed by atoms with Gasteiger partial charge in [0.15, 0.2) is 24.1 Å². The van der Waals surface area contributed by atoms with Crippen molar-refractivity contribution in [2.75, 3.05) is 31.5 Å². The van der Waals surface area contributed by atoms with E-state index in [0.717, 1.165) is 45.2 Å². The lowest BCUT2D eigenvalue weighted by molar-refractivity contribution is -0.939. The highest BCUT2D eigenvalue weighted by Gasteiger charge is 2.54. The van der Waals surface area contributed by atoms with Gasteiger partial charge in [-0.05, 0) is 31.2 Å². The minimum atomic E-state index is -1.56. The van der Waals surface area contributed by atoms with Crippen LogP contribution < -0.4 is 22.3 Å².